The van der Waals surface area contributed by atoms with Gasteiger partial charge >= 0.3 is 0 Å². The molecule has 0 bridgehead atoms. The van der Waals surface area contributed by atoms with E-state index in [9.17, 15) is 9.18 Å². The first-order valence-electron chi connectivity index (χ1n) is 4.56. The third-order valence-corrected chi connectivity index (χ3v) is 2.14. The Hall–Kier alpha value is -2.02. The number of amides is 1. The number of aromatic nitrogens is 4. The van der Waals surface area contributed by atoms with E-state index >= 15 is 0 Å². The van der Waals surface area contributed by atoms with Crippen LogP contribution in [0.4, 0.5) is 10.3 Å². The van der Waals surface area contributed by atoms with Gasteiger partial charge in [-0.05, 0) is 23.4 Å². The molecule has 0 aliphatic rings. The molecule has 1 N–H and O–H groups in total. The van der Waals surface area contributed by atoms with Gasteiger partial charge in [-0.1, -0.05) is 16.7 Å². The lowest BCUT2D eigenvalue weighted by molar-refractivity contribution is 0.102. The summed E-state index contributed by atoms with van der Waals surface area (Å²) in [6, 6.07) is 3.69. The molecule has 2 rings (SSSR count). The predicted molar refractivity (Wildman–Crippen MR) is 58.2 cm³/mol. The fourth-order valence-corrected chi connectivity index (χ4v) is 1.35. The molecule has 8 heteroatoms. The van der Waals surface area contributed by atoms with E-state index < -0.39 is 11.7 Å². The molecule has 0 aliphatic carbocycles. The second-order valence-corrected chi connectivity index (χ2v) is 3.62. The Morgan fingerprint density at radius 2 is 2.29 bits per heavy atom. The van der Waals surface area contributed by atoms with Crippen LogP contribution >= 0.6 is 11.6 Å². The number of halogens is 2. The van der Waals surface area contributed by atoms with Crippen LogP contribution in [-0.4, -0.2) is 26.1 Å². The predicted octanol–water partition coefficient (Wildman–Crippen LogP) is 1.25. The van der Waals surface area contributed by atoms with Crippen molar-refractivity contribution in [3.63, 3.8) is 0 Å². The summed E-state index contributed by atoms with van der Waals surface area (Å²) in [5, 5.41) is 13.4. The number of anilines is 1. The molecule has 0 radical (unpaired) electrons. The summed E-state index contributed by atoms with van der Waals surface area (Å²) in [7, 11) is 1.54. The second-order valence-electron chi connectivity index (χ2n) is 3.18. The zero-order valence-corrected chi connectivity index (χ0v) is 9.44. The monoisotopic (exact) mass is 255 g/mol. The highest BCUT2D eigenvalue weighted by Crippen LogP contribution is 2.15. The number of benzene rings is 1. The first kappa shape index (κ1) is 11.5. The van der Waals surface area contributed by atoms with E-state index in [0.717, 1.165) is 6.07 Å². The molecule has 0 spiro atoms. The van der Waals surface area contributed by atoms with E-state index in [4.69, 9.17) is 11.6 Å². The number of tetrazole rings is 1. The number of nitrogens with one attached hydrogen (secondary N) is 1. The Kier molecular flexibility index (Phi) is 3.01. The highest BCUT2D eigenvalue weighted by molar-refractivity contribution is 6.31. The highest BCUT2D eigenvalue weighted by atomic mass is 35.5. The maximum atomic E-state index is 13.3. The van der Waals surface area contributed by atoms with Crippen molar-refractivity contribution in [3.8, 4) is 0 Å². The van der Waals surface area contributed by atoms with Crippen LogP contribution in [0, 0.1) is 5.82 Å². The van der Waals surface area contributed by atoms with Gasteiger partial charge in [0.2, 0.25) is 0 Å². The van der Waals surface area contributed by atoms with Gasteiger partial charge in [0, 0.05) is 5.02 Å². The highest BCUT2D eigenvalue weighted by Gasteiger charge is 2.14. The van der Waals surface area contributed by atoms with E-state index in [0.29, 0.717) is 0 Å². The SMILES string of the molecule is Cn1nnc(NC(=O)c2cc(Cl)ccc2F)n1. The van der Waals surface area contributed by atoms with Gasteiger partial charge in [-0.3, -0.25) is 10.1 Å². The van der Waals surface area contributed by atoms with Crippen molar-refractivity contribution in [2.75, 3.05) is 5.32 Å². The van der Waals surface area contributed by atoms with Crippen molar-refractivity contribution < 1.29 is 9.18 Å². The molecule has 17 heavy (non-hydrogen) atoms. The lowest BCUT2D eigenvalue weighted by Crippen LogP contribution is -2.15. The van der Waals surface area contributed by atoms with Crippen LogP contribution in [0.15, 0.2) is 18.2 Å². The van der Waals surface area contributed by atoms with Crippen LogP contribution in [0.3, 0.4) is 0 Å². The molecule has 0 aliphatic heterocycles. The minimum atomic E-state index is -0.682. The molecular weight excluding hydrogens is 249 g/mol. The minimum Gasteiger partial charge on any atom is -0.288 e. The van der Waals surface area contributed by atoms with Gasteiger partial charge in [-0.15, -0.1) is 5.10 Å². The largest absolute Gasteiger partial charge is 0.288 e. The third kappa shape index (κ3) is 2.56. The smallest absolute Gasteiger partial charge is 0.270 e. The van der Waals surface area contributed by atoms with E-state index in [1.807, 2.05) is 0 Å². The Labute approximate surface area is 100 Å². The number of carbonyl (C=O) groups is 1. The Morgan fingerprint density at radius 3 is 2.94 bits per heavy atom. The molecule has 0 atom stereocenters. The fourth-order valence-electron chi connectivity index (χ4n) is 1.17. The van der Waals surface area contributed by atoms with E-state index in [2.05, 4.69) is 20.7 Å². The van der Waals surface area contributed by atoms with Gasteiger partial charge in [0.25, 0.3) is 11.9 Å². The van der Waals surface area contributed by atoms with Crippen molar-refractivity contribution in [1.82, 2.24) is 20.2 Å². The summed E-state index contributed by atoms with van der Waals surface area (Å²) in [6.45, 7) is 0. The molecular formula is C9H7ClFN5O. The first-order chi connectivity index (χ1) is 8.06. The first-order valence-corrected chi connectivity index (χ1v) is 4.94. The average Bonchev–Trinajstić information content (AvgIpc) is 2.67. The number of hydrogen-bond donors (Lipinski definition) is 1. The summed E-state index contributed by atoms with van der Waals surface area (Å²) in [4.78, 5) is 12.8. The van der Waals surface area contributed by atoms with Gasteiger partial charge in [0.1, 0.15) is 5.82 Å². The van der Waals surface area contributed by atoms with Crippen LogP contribution in [0.25, 0.3) is 0 Å². The zero-order valence-electron chi connectivity index (χ0n) is 8.69. The Morgan fingerprint density at radius 1 is 1.53 bits per heavy atom. The normalized spacial score (nSPS) is 10.3. The topological polar surface area (TPSA) is 72.7 Å². The standard InChI is InChI=1S/C9H7ClFN5O/c1-16-14-9(13-15-16)12-8(17)6-4-5(10)2-3-7(6)11/h2-4H,1H3,(H,12,14,17). The molecule has 6 nitrogen and oxygen atoms in total. The van der Waals surface area contributed by atoms with E-state index in [1.165, 1.54) is 16.9 Å². The summed E-state index contributed by atoms with van der Waals surface area (Å²) in [5.41, 5.74) is -0.176. The van der Waals surface area contributed by atoms with Crippen molar-refractivity contribution in [3.05, 3.63) is 34.6 Å². The molecule has 0 saturated carbocycles. The summed E-state index contributed by atoms with van der Waals surface area (Å²) >= 11 is 5.67. The van der Waals surface area contributed by atoms with Crippen LogP contribution in [0.1, 0.15) is 10.4 Å². The molecule has 2 aromatic rings. The van der Waals surface area contributed by atoms with Crippen LogP contribution in [0.5, 0.6) is 0 Å². The molecule has 1 heterocycles. The van der Waals surface area contributed by atoms with Crippen molar-refractivity contribution in [2.45, 2.75) is 0 Å². The molecule has 1 aromatic carbocycles. The Bertz CT molecular complexity index is 570. The molecule has 1 aromatic heterocycles. The zero-order chi connectivity index (χ0) is 12.4. The number of aryl methyl sites for hydroxylation is 1. The number of carbonyl (C=O) groups excluding carboxylic acids is 1. The average molecular weight is 256 g/mol. The van der Waals surface area contributed by atoms with Gasteiger partial charge in [-0.2, -0.15) is 4.80 Å². The van der Waals surface area contributed by atoms with Crippen LogP contribution in [0.2, 0.25) is 5.02 Å². The molecule has 0 fully saturated rings. The third-order valence-electron chi connectivity index (χ3n) is 1.91. The van der Waals surface area contributed by atoms with Crippen molar-refractivity contribution >= 4 is 23.5 Å². The number of rotatable bonds is 2. The van der Waals surface area contributed by atoms with Gasteiger partial charge in [0.15, 0.2) is 0 Å². The second kappa shape index (κ2) is 4.46. The quantitative estimate of drug-likeness (QED) is 0.877. The molecule has 0 unspecified atom stereocenters. The Balaban J connectivity index is 2.22. The van der Waals surface area contributed by atoms with Gasteiger partial charge < -0.3 is 0 Å². The van der Waals surface area contributed by atoms with Crippen molar-refractivity contribution in [2.24, 2.45) is 7.05 Å². The summed E-state index contributed by atoms with van der Waals surface area (Å²) in [5.74, 6) is -1.36. The number of hydrogen-bond acceptors (Lipinski definition) is 4. The molecule has 88 valence electrons. The van der Waals surface area contributed by atoms with E-state index in [-0.39, 0.29) is 16.5 Å². The van der Waals surface area contributed by atoms with Crippen molar-refractivity contribution in [1.29, 1.82) is 0 Å². The molecule has 1 amide bonds. The van der Waals surface area contributed by atoms with Crippen LogP contribution < -0.4 is 5.32 Å². The minimum absolute atomic E-state index is 0.00289. The number of nitrogens with zero attached hydrogens (tertiary/aromatic N) is 4. The summed E-state index contributed by atoms with van der Waals surface area (Å²) in [6.07, 6.45) is 0. The van der Waals surface area contributed by atoms with E-state index in [1.54, 1.807) is 7.05 Å². The van der Waals surface area contributed by atoms with Gasteiger partial charge in [-0.25, -0.2) is 4.39 Å². The molecule has 0 saturated heterocycles. The fraction of sp³-hybridized carbons (Fsp3) is 0.111. The maximum absolute atomic E-state index is 13.3. The lowest BCUT2D eigenvalue weighted by atomic mass is 10.2. The summed E-state index contributed by atoms with van der Waals surface area (Å²) < 4.78 is 13.3. The maximum Gasteiger partial charge on any atom is 0.270 e. The lowest BCUT2D eigenvalue weighted by Gasteiger charge is -2.02. The van der Waals surface area contributed by atoms with Crippen LogP contribution in [-0.2, 0) is 7.05 Å². The van der Waals surface area contributed by atoms with Gasteiger partial charge in [0.05, 0.1) is 12.6 Å².